The molecule has 0 radical (unpaired) electrons. The summed E-state index contributed by atoms with van der Waals surface area (Å²) < 4.78 is 0. The first-order chi connectivity index (χ1) is 7.27. The van der Waals surface area contributed by atoms with E-state index in [-0.39, 0.29) is 0 Å². The summed E-state index contributed by atoms with van der Waals surface area (Å²) in [6.45, 7) is 10.4. The molecule has 0 fully saturated rings. The summed E-state index contributed by atoms with van der Waals surface area (Å²) in [6, 6.07) is 0.581. The minimum atomic E-state index is 0.581. The Morgan fingerprint density at radius 3 is 1.73 bits per heavy atom. The second kappa shape index (κ2) is 12.3. The molecular weight excluding hydrogens is 208 g/mol. The number of thiol groups is 1. The van der Waals surface area contributed by atoms with Crippen LogP contribution in [0.3, 0.4) is 0 Å². The maximum Gasteiger partial charge on any atom is 0.0387 e. The molecule has 0 atom stereocenters. The average Bonchev–Trinajstić information content (AvgIpc) is 2.20. The van der Waals surface area contributed by atoms with Gasteiger partial charge in [0.2, 0.25) is 0 Å². The van der Waals surface area contributed by atoms with Crippen LogP contribution in [0.15, 0.2) is 0 Å². The summed E-state index contributed by atoms with van der Waals surface area (Å²) in [7, 11) is 0. The third-order valence-corrected chi connectivity index (χ3v) is 2.15. The lowest BCUT2D eigenvalue weighted by Crippen LogP contribution is -2.36. The van der Waals surface area contributed by atoms with Crippen LogP contribution in [0.5, 0.6) is 0 Å². The fraction of sp³-hybridized carbons (Fsp3) is 1.00. The van der Waals surface area contributed by atoms with Crippen LogP contribution in [-0.4, -0.2) is 51.2 Å². The molecule has 4 N–H and O–H groups in total. The summed E-state index contributed by atoms with van der Waals surface area (Å²) in [6.07, 6.45) is 0. The van der Waals surface area contributed by atoms with Crippen LogP contribution in [0, 0.1) is 0 Å². The van der Waals surface area contributed by atoms with E-state index in [2.05, 4.69) is 47.7 Å². The Morgan fingerprint density at radius 1 is 0.800 bits per heavy atom. The SMILES string of the molecule is CC(C)NCCNCCNCCNCS. The molecule has 0 saturated heterocycles. The Labute approximate surface area is 99.4 Å². The fourth-order valence-corrected chi connectivity index (χ4v) is 1.29. The molecule has 92 valence electrons. The molecule has 4 nitrogen and oxygen atoms in total. The highest BCUT2D eigenvalue weighted by Crippen LogP contribution is 1.72. The summed E-state index contributed by atoms with van der Waals surface area (Å²) in [5.41, 5.74) is 0. The first kappa shape index (κ1) is 15.2. The average molecular weight is 234 g/mol. The largest absolute Gasteiger partial charge is 0.314 e. The van der Waals surface area contributed by atoms with Crippen LogP contribution < -0.4 is 21.3 Å². The van der Waals surface area contributed by atoms with Gasteiger partial charge in [0.05, 0.1) is 0 Å². The van der Waals surface area contributed by atoms with Crippen molar-refractivity contribution in [2.75, 3.05) is 45.1 Å². The van der Waals surface area contributed by atoms with E-state index in [0.29, 0.717) is 6.04 Å². The Balaban J connectivity index is 2.87. The normalized spacial score (nSPS) is 11.2. The monoisotopic (exact) mass is 234 g/mol. The van der Waals surface area contributed by atoms with Gasteiger partial charge in [0.15, 0.2) is 0 Å². The first-order valence-electron chi connectivity index (χ1n) is 5.73. The lowest BCUT2D eigenvalue weighted by Gasteiger charge is -2.09. The molecule has 0 amide bonds. The maximum atomic E-state index is 4.06. The van der Waals surface area contributed by atoms with E-state index in [0.717, 1.165) is 45.1 Å². The van der Waals surface area contributed by atoms with Crippen LogP contribution in [0.2, 0.25) is 0 Å². The van der Waals surface area contributed by atoms with Crippen molar-refractivity contribution in [2.24, 2.45) is 0 Å². The van der Waals surface area contributed by atoms with Gasteiger partial charge in [-0.25, -0.2) is 0 Å². The van der Waals surface area contributed by atoms with Gasteiger partial charge in [0, 0.05) is 51.2 Å². The predicted molar refractivity (Wildman–Crippen MR) is 70.7 cm³/mol. The molecule has 0 heterocycles. The van der Waals surface area contributed by atoms with Gasteiger partial charge in [-0.15, -0.1) is 0 Å². The van der Waals surface area contributed by atoms with Crippen molar-refractivity contribution in [3.05, 3.63) is 0 Å². The molecule has 0 spiro atoms. The van der Waals surface area contributed by atoms with Gasteiger partial charge in [-0.05, 0) is 0 Å². The fourth-order valence-electron chi connectivity index (χ4n) is 1.13. The van der Waals surface area contributed by atoms with Crippen molar-refractivity contribution < 1.29 is 0 Å². The third kappa shape index (κ3) is 14.2. The lowest BCUT2D eigenvalue weighted by molar-refractivity contribution is 0.543. The molecule has 0 aromatic rings. The summed E-state index contributed by atoms with van der Waals surface area (Å²) in [4.78, 5) is 0. The zero-order valence-electron chi connectivity index (χ0n) is 9.97. The molecule has 0 aromatic heterocycles. The van der Waals surface area contributed by atoms with E-state index in [1.807, 2.05) is 0 Å². The molecule has 0 unspecified atom stereocenters. The van der Waals surface area contributed by atoms with Gasteiger partial charge >= 0.3 is 0 Å². The zero-order chi connectivity index (χ0) is 11.4. The topological polar surface area (TPSA) is 48.1 Å². The quantitative estimate of drug-likeness (QED) is 0.193. The molecule has 0 saturated carbocycles. The van der Waals surface area contributed by atoms with E-state index < -0.39 is 0 Å². The minimum absolute atomic E-state index is 0.581. The molecule has 15 heavy (non-hydrogen) atoms. The second-order valence-electron chi connectivity index (χ2n) is 3.77. The van der Waals surface area contributed by atoms with Crippen molar-refractivity contribution in [2.45, 2.75) is 19.9 Å². The molecule has 0 bridgehead atoms. The van der Waals surface area contributed by atoms with Crippen LogP contribution in [0.25, 0.3) is 0 Å². The Morgan fingerprint density at radius 2 is 1.27 bits per heavy atom. The molecule has 0 aliphatic rings. The van der Waals surface area contributed by atoms with Gasteiger partial charge in [-0.3, -0.25) is 0 Å². The van der Waals surface area contributed by atoms with Crippen LogP contribution in [-0.2, 0) is 0 Å². The molecule has 0 rings (SSSR count). The minimum Gasteiger partial charge on any atom is -0.314 e. The van der Waals surface area contributed by atoms with E-state index in [1.54, 1.807) is 0 Å². The highest BCUT2D eigenvalue weighted by atomic mass is 32.1. The highest BCUT2D eigenvalue weighted by Gasteiger charge is 1.91. The standard InChI is InChI=1S/C10H26N4S/c1-10(2)14-8-7-12-4-3-11-5-6-13-9-15/h10-15H,3-9H2,1-2H3. The smallest absolute Gasteiger partial charge is 0.0387 e. The third-order valence-electron chi connectivity index (χ3n) is 1.92. The van der Waals surface area contributed by atoms with E-state index in [4.69, 9.17) is 0 Å². The number of hydrogen-bond donors (Lipinski definition) is 5. The molecular formula is C10H26N4S. The van der Waals surface area contributed by atoms with Gasteiger partial charge in [0.1, 0.15) is 0 Å². The first-order valence-corrected chi connectivity index (χ1v) is 6.37. The van der Waals surface area contributed by atoms with Crippen LogP contribution in [0.1, 0.15) is 13.8 Å². The van der Waals surface area contributed by atoms with Crippen LogP contribution >= 0.6 is 12.6 Å². The molecule has 0 aliphatic carbocycles. The maximum absolute atomic E-state index is 4.06. The summed E-state index contributed by atoms with van der Waals surface area (Å²) in [5.74, 6) is 0.751. The van der Waals surface area contributed by atoms with E-state index >= 15 is 0 Å². The van der Waals surface area contributed by atoms with E-state index in [9.17, 15) is 0 Å². The van der Waals surface area contributed by atoms with Gasteiger partial charge in [-0.2, -0.15) is 12.6 Å². The van der Waals surface area contributed by atoms with Crippen molar-refractivity contribution in [1.82, 2.24) is 21.3 Å². The van der Waals surface area contributed by atoms with E-state index in [1.165, 1.54) is 0 Å². The van der Waals surface area contributed by atoms with Crippen LogP contribution in [0.4, 0.5) is 0 Å². The predicted octanol–water partition coefficient (Wildman–Crippen LogP) is -0.359. The molecule has 5 heteroatoms. The summed E-state index contributed by atoms with van der Waals surface area (Å²) in [5, 5.41) is 13.2. The number of rotatable bonds is 11. The van der Waals surface area contributed by atoms with Gasteiger partial charge in [0.25, 0.3) is 0 Å². The Hall–Kier alpha value is 0.190. The number of hydrogen-bond acceptors (Lipinski definition) is 5. The van der Waals surface area contributed by atoms with Crippen molar-refractivity contribution in [3.8, 4) is 0 Å². The van der Waals surface area contributed by atoms with Gasteiger partial charge in [-0.1, -0.05) is 13.8 Å². The lowest BCUT2D eigenvalue weighted by atomic mass is 10.4. The second-order valence-corrected chi connectivity index (χ2v) is 4.08. The zero-order valence-corrected chi connectivity index (χ0v) is 10.9. The van der Waals surface area contributed by atoms with Crippen molar-refractivity contribution >= 4 is 12.6 Å². The van der Waals surface area contributed by atoms with Crippen molar-refractivity contribution in [1.29, 1.82) is 0 Å². The Bertz CT molecular complexity index is 122. The summed E-state index contributed by atoms with van der Waals surface area (Å²) >= 11 is 4.06. The molecule has 0 aromatic carbocycles. The Kier molecular flexibility index (Phi) is 12.4. The van der Waals surface area contributed by atoms with Gasteiger partial charge < -0.3 is 21.3 Å². The van der Waals surface area contributed by atoms with Crippen molar-refractivity contribution in [3.63, 3.8) is 0 Å². The number of nitrogens with one attached hydrogen (secondary N) is 4. The molecule has 0 aliphatic heterocycles. The highest BCUT2D eigenvalue weighted by molar-refractivity contribution is 7.80.